The summed E-state index contributed by atoms with van der Waals surface area (Å²) in [7, 11) is 0. The number of aldehydes is 1. The number of aliphatic hydroxyl groups excluding tert-OH is 1. The van der Waals surface area contributed by atoms with Gasteiger partial charge in [0.2, 0.25) is 0 Å². The molecule has 108 valence electrons. The first-order valence-corrected chi connectivity index (χ1v) is 6.15. The summed E-state index contributed by atoms with van der Waals surface area (Å²) in [4.78, 5) is 32.9. The maximum Gasteiger partial charge on any atom is 0.338 e. The van der Waals surface area contributed by atoms with Crippen molar-refractivity contribution in [1.82, 2.24) is 0 Å². The molecule has 0 aliphatic carbocycles. The lowest BCUT2D eigenvalue weighted by molar-refractivity contribution is -0.147. The second-order valence-corrected chi connectivity index (χ2v) is 4.13. The molecule has 20 heavy (non-hydrogen) atoms. The van der Waals surface area contributed by atoms with E-state index in [2.05, 4.69) is 0 Å². The molecule has 0 bridgehead atoms. The zero-order chi connectivity index (χ0) is 15.1. The molecule has 0 fully saturated rings. The first-order valence-electron chi connectivity index (χ1n) is 6.15. The monoisotopic (exact) mass is 280 g/mol. The van der Waals surface area contributed by atoms with E-state index in [9.17, 15) is 19.5 Å². The Bertz CT molecular complexity index is 508. The molecule has 1 rings (SSSR count). The maximum absolute atomic E-state index is 11.7. The number of ether oxygens (including phenoxy) is 1. The number of esters is 1. The van der Waals surface area contributed by atoms with Gasteiger partial charge in [0.15, 0.2) is 6.10 Å². The SMILES string of the molecule is CCOC(=O)c1cc(CCC=O)cc(C(O)C(=O)O)c1. The lowest BCUT2D eigenvalue weighted by Gasteiger charge is -2.11. The smallest absolute Gasteiger partial charge is 0.338 e. The minimum Gasteiger partial charge on any atom is -0.479 e. The summed E-state index contributed by atoms with van der Waals surface area (Å²) in [6.45, 7) is 1.84. The number of hydrogen-bond donors (Lipinski definition) is 2. The Hall–Kier alpha value is -2.21. The number of aryl methyl sites for hydroxylation is 1. The molecule has 0 aliphatic rings. The average Bonchev–Trinajstić information content (AvgIpc) is 2.44. The van der Waals surface area contributed by atoms with Gasteiger partial charge in [0.05, 0.1) is 12.2 Å². The average molecular weight is 280 g/mol. The standard InChI is InChI=1S/C14H16O6/c1-2-20-14(19)11-7-9(4-3-5-15)6-10(8-11)12(16)13(17)18/h5-8,12,16H,2-4H2,1H3,(H,17,18). The number of aliphatic hydroxyl groups is 1. The van der Waals surface area contributed by atoms with Gasteiger partial charge in [-0.05, 0) is 36.6 Å². The number of hydrogen-bond acceptors (Lipinski definition) is 5. The highest BCUT2D eigenvalue weighted by Gasteiger charge is 2.19. The minimum atomic E-state index is -1.72. The van der Waals surface area contributed by atoms with Gasteiger partial charge < -0.3 is 19.7 Å². The van der Waals surface area contributed by atoms with Crippen molar-refractivity contribution in [1.29, 1.82) is 0 Å². The van der Waals surface area contributed by atoms with E-state index in [0.29, 0.717) is 12.0 Å². The Morgan fingerprint density at radius 3 is 2.60 bits per heavy atom. The van der Waals surface area contributed by atoms with E-state index in [-0.39, 0.29) is 24.2 Å². The third-order valence-electron chi connectivity index (χ3n) is 2.63. The Morgan fingerprint density at radius 2 is 2.05 bits per heavy atom. The second kappa shape index (κ2) is 7.40. The van der Waals surface area contributed by atoms with Crippen LogP contribution < -0.4 is 0 Å². The molecule has 0 aliphatic heterocycles. The van der Waals surface area contributed by atoms with Crippen LogP contribution in [0.25, 0.3) is 0 Å². The quantitative estimate of drug-likeness (QED) is 0.573. The van der Waals surface area contributed by atoms with Gasteiger partial charge in [0.25, 0.3) is 0 Å². The summed E-state index contributed by atoms with van der Waals surface area (Å²) < 4.78 is 4.85. The predicted octanol–water partition coefficient (Wildman–Crippen LogP) is 1.11. The van der Waals surface area contributed by atoms with Crippen LogP contribution in [0.15, 0.2) is 18.2 Å². The molecule has 0 radical (unpaired) electrons. The fourth-order valence-electron chi connectivity index (χ4n) is 1.72. The third kappa shape index (κ3) is 4.17. The topological polar surface area (TPSA) is 101 Å². The van der Waals surface area contributed by atoms with E-state index >= 15 is 0 Å². The molecule has 0 saturated carbocycles. The second-order valence-electron chi connectivity index (χ2n) is 4.13. The number of aliphatic carboxylic acids is 1. The molecule has 0 spiro atoms. The van der Waals surface area contributed by atoms with Crippen molar-refractivity contribution in [2.75, 3.05) is 6.61 Å². The Labute approximate surface area is 116 Å². The molecule has 6 heteroatoms. The fraction of sp³-hybridized carbons (Fsp3) is 0.357. The van der Waals surface area contributed by atoms with Gasteiger partial charge in [-0.3, -0.25) is 0 Å². The van der Waals surface area contributed by atoms with Crippen molar-refractivity contribution in [3.05, 3.63) is 34.9 Å². The Balaban J connectivity index is 3.16. The lowest BCUT2D eigenvalue weighted by Crippen LogP contribution is -2.13. The van der Waals surface area contributed by atoms with Gasteiger partial charge in [0, 0.05) is 6.42 Å². The van der Waals surface area contributed by atoms with Gasteiger partial charge >= 0.3 is 11.9 Å². The number of carbonyl (C=O) groups is 3. The van der Waals surface area contributed by atoms with Crippen LogP contribution in [0.2, 0.25) is 0 Å². The van der Waals surface area contributed by atoms with Gasteiger partial charge in [0.1, 0.15) is 6.29 Å². The van der Waals surface area contributed by atoms with Crippen LogP contribution in [0.4, 0.5) is 0 Å². The molecular formula is C14H16O6. The lowest BCUT2D eigenvalue weighted by atomic mass is 9.99. The Morgan fingerprint density at radius 1 is 1.35 bits per heavy atom. The highest BCUT2D eigenvalue weighted by atomic mass is 16.5. The van der Waals surface area contributed by atoms with Crippen molar-refractivity contribution in [3.63, 3.8) is 0 Å². The van der Waals surface area contributed by atoms with E-state index in [1.165, 1.54) is 18.2 Å². The van der Waals surface area contributed by atoms with Crippen LogP contribution >= 0.6 is 0 Å². The molecule has 2 N–H and O–H groups in total. The maximum atomic E-state index is 11.7. The number of carboxylic acid groups (broad SMARTS) is 1. The van der Waals surface area contributed by atoms with Gasteiger partial charge in [-0.2, -0.15) is 0 Å². The number of rotatable bonds is 7. The van der Waals surface area contributed by atoms with Gasteiger partial charge in [-0.25, -0.2) is 9.59 Å². The highest BCUT2D eigenvalue weighted by molar-refractivity contribution is 5.90. The summed E-state index contributed by atoms with van der Waals surface area (Å²) >= 11 is 0. The molecule has 0 amide bonds. The molecule has 1 unspecified atom stereocenters. The minimum absolute atomic E-state index is 0.0870. The van der Waals surface area contributed by atoms with Crippen LogP contribution in [0.1, 0.15) is 40.9 Å². The zero-order valence-electron chi connectivity index (χ0n) is 11.0. The van der Waals surface area contributed by atoms with E-state index in [4.69, 9.17) is 9.84 Å². The molecule has 0 saturated heterocycles. The first-order chi connectivity index (χ1) is 9.49. The number of carbonyl (C=O) groups excluding carboxylic acids is 2. The molecule has 0 aromatic heterocycles. The largest absolute Gasteiger partial charge is 0.479 e. The summed E-state index contributed by atoms with van der Waals surface area (Å²) in [5, 5.41) is 18.4. The van der Waals surface area contributed by atoms with Crippen molar-refractivity contribution in [2.24, 2.45) is 0 Å². The highest BCUT2D eigenvalue weighted by Crippen LogP contribution is 2.19. The van der Waals surface area contributed by atoms with Crippen molar-refractivity contribution in [3.8, 4) is 0 Å². The van der Waals surface area contributed by atoms with Gasteiger partial charge in [-0.15, -0.1) is 0 Å². The third-order valence-corrected chi connectivity index (χ3v) is 2.63. The van der Waals surface area contributed by atoms with Crippen LogP contribution in [0, 0.1) is 0 Å². The van der Waals surface area contributed by atoms with Crippen LogP contribution in [-0.4, -0.2) is 35.0 Å². The van der Waals surface area contributed by atoms with Gasteiger partial charge in [-0.1, -0.05) is 6.07 Å². The molecule has 1 aromatic carbocycles. The van der Waals surface area contributed by atoms with E-state index in [1.54, 1.807) is 6.92 Å². The Kier molecular flexibility index (Phi) is 5.86. The normalized spacial score (nSPS) is 11.7. The fourth-order valence-corrected chi connectivity index (χ4v) is 1.72. The summed E-state index contributed by atoms with van der Waals surface area (Å²) in [5.41, 5.74) is 0.840. The summed E-state index contributed by atoms with van der Waals surface area (Å²) in [5.74, 6) is -2.01. The molecule has 1 aromatic rings. The van der Waals surface area contributed by atoms with E-state index in [1.807, 2.05) is 0 Å². The van der Waals surface area contributed by atoms with E-state index < -0.39 is 18.0 Å². The van der Waals surface area contributed by atoms with Crippen molar-refractivity contribution >= 4 is 18.2 Å². The first kappa shape index (κ1) is 15.8. The van der Waals surface area contributed by atoms with Crippen LogP contribution in [0.3, 0.4) is 0 Å². The summed E-state index contributed by atoms with van der Waals surface area (Å²) in [6.07, 6.45) is -0.394. The molecular weight excluding hydrogens is 264 g/mol. The van der Waals surface area contributed by atoms with E-state index in [0.717, 1.165) is 6.29 Å². The van der Waals surface area contributed by atoms with Crippen molar-refractivity contribution in [2.45, 2.75) is 25.9 Å². The molecule has 0 heterocycles. The predicted molar refractivity (Wildman–Crippen MR) is 69.4 cm³/mol. The number of carboxylic acids is 1. The molecule has 1 atom stereocenters. The van der Waals surface area contributed by atoms with Crippen LogP contribution in [0.5, 0.6) is 0 Å². The number of benzene rings is 1. The zero-order valence-corrected chi connectivity index (χ0v) is 11.0. The molecule has 6 nitrogen and oxygen atoms in total. The van der Waals surface area contributed by atoms with Crippen molar-refractivity contribution < 1.29 is 29.3 Å². The summed E-state index contributed by atoms with van der Waals surface area (Å²) in [6, 6.07) is 4.27. The van der Waals surface area contributed by atoms with Crippen LogP contribution in [-0.2, 0) is 20.7 Å².